The predicted molar refractivity (Wildman–Crippen MR) is 470 cm³/mol. The minimum Gasteiger partial charge on any atom is -0.451 e. The number of fused-ring (bicyclic) bond motifs is 1. The Morgan fingerprint density at radius 1 is 0.504 bits per heavy atom. The van der Waals surface area contributed by atoms with Crippen LogP contribution in [0.5, 0.6) is 0 Å². The number of pyridine rings is 6. The third-order valence-corrected chi connectivity index (χ3v) is 21.2. The molecule has 614 valence electrons. The Labute approximate surface area is 697 Å². The fourth-order valence-corrected chi connectivity index (χ4v) is 14.4. The van der Waals surface area contributed by atoms with Gasteiger partial charge in [-0.1, -0.05) is 212 Å². The maximum atomic E-state index is 12.8. The highest BCUT2D eigenvalue weighted by Crippen LogP contribution is 2.35. The highest BCUT2D eigenvalue weighted by molar-refractivity contribution is 7.10. The van der Waals surface area contributed by atoms with E-state index in [9.17, 15) is 13.2 Å². The van der Waals surface area contributed by atoms with Crippen LogP contribution >= 0.6 is 57.2 Å². The number of terminal acetylenes is 1. The van der Waals surface area contributed by atoms with Gasteiger partial charge in [0.15, 0.2) is 12.8 Å². The third kappa shape index (κ3) is 36.7. The number of rotatable bonds is 12. The molecule has 0 aliphatic carbocycles. The zero-order chi connectivity index (χ0) is 84.6. The summed E-state index contributed by atoms with van der Waals surface area (Å²) in [6, 6.07) is 24.5. The monoisotopic (exact) mass is 1640 g/mol. The zero-order valence-corrected chi connectivity index (χ0v) is 75.7. The summed E-state index contributed by atoms with van der Waals surface area (Å²) in [5.74, 6) is 7.17. The molecular formula is C92H125Cl2F3N10O3S3. The number of aryl methyl sites for hydroxylation is 4. The van der Waals surface area contributed by atoms with Gasteiger partial charge < -0.3 is 13.6 Å². The van der Waals surface area contributed by atoms with Crippen LogP contribution in [0.3, 0.4) is 0 Å². The van der Waals surface area contributed by atoms with Crippen LogP contribution < -0.4 is 0 Å². The average Bonchev–Trinajstić information content (AvgIpc) is 1.67. The Balaban J connectivity index is 0.000000324. The van der Waals surface area contributed by atoms with Crippen molar-refractivity contribution in [2.45, 2.75) is 264 Å². The molecule has 13 nitrogen and oxygen atoms in total. The second-order valence-electron chi connectivity index (χ2n) is 30.7. The lowest BCUT2D eigenvalue weighted by molar-refractivity contribution is -0.0691. The van der Waals surface area contributed by atoms with E-state index >= 15 is 0 Å². The summed E-state index contributed by atoms with van der Waals surface area (Å²) < 4.78 is 52.7. The van der Waals surface area contributed by atoms with Gasteiger partial charge in [-0.25, -0.2) is 29.9 Å². The molecule has 1 saturated heterocycles. The van der Waals surface area contributed by atoms with Crippen LogP contribution in [0.2, 0.25) is 10.3 Å². The van der Waals surface area contributed by atoms with E-state index in [1.165, 1.54) is 71.2 Å². The van der Waals surface area contributed by atoms with Crippen LogP contribution in [-0.4, -0.2) is 75.6 Å². The fourth-order valence-electron chi connectivity index (χ4n) is 11.0. The molecule has 0 amide bonds. The normalized spacial score (nSPS) is 12.1. The highest BCUT2D eigenvalue weighted by atomic mass is 35.5. The van der Waals surface area contributed by atoms with E-state index in [-0.39, 0.29) is 5.92 Å². The van der Waals surface area contributed by atoms with Crippen molar-refractivity contribution in [2.24, 2.45) is 0 Å². The van der Waals surface area contributed by atoms with Gasteiger partial charge in [-0.15, -0.1) is 40.4 Å². The van der Waals surface area contributed by atoms with Crippen molar-refractivity contribution >= 4 is 57.2 Å². The third-order valence-electron chi connectivity index (χ3n) is 17.8. The molecular weight excluding hydrogens is 1520 g/mol. The second kappa shape index (κ2) is 52.6. The number of thiophene rings is 2. The van der Waals surface area contributed by atoms with Gasteiger partial charge in [0.05, 0.1) is 41.8 Å². The maximum Gasteiger partial charge on any atom is 0.218 e. The van der Waals surface area contributed by atoms with Crippen molar-refractivity contribution in [1.82, 2.24) is 49.8 Å². The quantitative estimate of drug-likeness (QED) is 0.0842. The van der Waals surface area contributed by atoms with Crippen molar-refractivity contribution < 1.29 is 26.7 Å². The molecule has 11 aromatic heterocycles. The van der Waals surface area contributed by atoms with E-state index in [0.717, 1.165) is 70.7 Å². The summed E-state index contributed by atoms with van der Waals surface area (Å²) >= 11 is 16.9. The average molecular weight is 1640 g/mol. The van der Waals surface area contributed by atoms with Gasteiger partial charge in [-0.3, -0.25) is 14.9 Å². The molecule has 13 rings (SSSR count). The van der Waals surface area contributed by atoms with Gasteiger partial charge in [-0.2, -0.15) is 18.2 Å². The number of nitrogens with zero attached hydrogens (tertiary/aromatic N) is 10. The van der Waals surface area contributed by atoms with Crippen molar-refractivity contribution in [3.8, 4) is 12.3 Å². The molecule has 0 spiro atoms. The zero-order valence-electron chi connectivity index (χ0n) is 71.7. The van der Waals surface area contributed by atoms with E-state index in [0.29, 0.717) is 81.1 Å². The number of hydrogen-bond donors (Lipinski definition) is 0. The lowest BCUT2D eigenvalue weighted by atomic mass is 9.95. The van der Waals surface area contributed by atoms with Crippen molar-refractivity contribution in [2.75, 3.05) is 19.8 Å². The Hall–Kier alpha value is -7.80. The van der Waals surface area contributed by atoms with E-state index in [1.54, 1.807) is 63.4 Å². The van der Waals surface area contributed by atoms with Crippen LogP contribution in [0, 0.1) is 57.9 Å². The molecule has 113 heavy (non-hydrogen) atoms. The lowest BCUT2D eigenvalue weighted by Crippen LogP contribution is -2.50. The van der Waals surface area contributed by atoms with Crippen molar-refractivity contribution in [1.29, 1.82) is 0 Å². The van der Waals surface area contributed by atoms with E-state index in [2.05, 4.69) is 230 Å². The number of halogens is 5. The first-order valence-corrected chi connectivity index (χ1v) is 42.5. The van der Waals surface area contributed by atoms with Crippen LogP contribution in [0.15, 0.2) is 153 Å². The lowest BCUT2D eigenvalue weighted by Gasteiger charge is -2.39. The molecule has 1 fully saturated rings. The number of ether oxygens (including phenoxy) is 1. The maximum absolute atomic E-state index is 12.8. The minimum absolute atomic E-state index is 0.0445. The van der Waals surface area contributed by atoms with Crippen molar-refractivity contribution in [3.05, 3.63) is 272 Å². The molecule has 0 atom stereocenters. The summed E-state index contributed by atoms with van der Waals surface area (Å²) in [4.78, 5) is 40.7. The van der Waals surface area contributed by atoms with Crippen LogP contribution in [0.1, 0.15) is 317 Å². The molecule has 0 saturated carbocycles. The summed E-state index contributed by atoms with van der Waals surface area (Å²) in [5, 5.41) is 7.68. The number of oxazole rings is 2. The van der Waals surface area contributed by atoms with E-state index < -0.39 is 17.8 Å². The molecule has 11 aromatic rings. The molecule has 0 N–H and O–H groups in total. The topological polar surface area (TPSA) is 155 Å². The Morgan fingerprint density at radius 3 is 1.43 bits per heavy atom. The molecule has 21 heteroatoms. The number of aromatic nitrogens is 9. The van der Waals surface area contributed by atoms with Crippen LogP contribution in [0.25, 0.3) is 0 Å². The van der Waals surface area contributed by atoms with Gasteiger partial charge >= 0.3 is 0 Å². The predicted octanol–water partition coefficient (Wildman–Crippen LogP) is 27.5. The first-order valence-electron chi connectivity index (χ1n) is 39.0. The molecule has 2 aliphatic heterocycles. The van der Waals surface area contributed by atoms with Gasteiger partial charge in [0.2, 0.25) is 17.8 Å². The first kappa shape index (κ1) is 99.4. The molecule has 2 aliphatic rings. The van der Waals surface area contributed by atoms with Gasteiger partial charge in [-0.05, 0) is 186 Å². The largest absolute Gasteiger partial charge is 0.451 e. The molecule has 0 aromatic carbocycles. The summed E-state index contributed by atoms with van der Waals surface area (Å²) in [5.41, 5.74) is 18.9. The molecule has 0 radical (unpaired) electrons. The summed E-state index contributed by atoms with van der Waals surface area (Å²) in [7, 11) is 0. The minimum atomic E-state index is -0.771. The van der Waals surface area contributed by atoms with Crippen LogP contribution in [-0.2, 0) is 17.7 Å². The standard InChI is InChI=1S/C13H19NOS.C9H12ClN.C9H12FN.C9H13N.C9H10S.C8H10ClN.C8H9F2N.C8H11N.C7H11NO.C6H9NO.C6H9NS/c1-9(2)12-8-16-13-5-14(4-3-11(12)13)10-6-15-7-10;2*1-6(2)8-4-5-9(10)11-7(8)3;1-7(2)9-5-4-6-10-8(9)3;1-4-8-5-9(7(2)3)10-6-8;1-6(2)7-4-3-5-10-8(7)9;1-5(2)6-3-4-7(9)11-8(6)10;1-7(2)8-4-3-5-9-6-8;1-5(2)7-6(3)8-4-9-7;2*1-5(2)6-3-8-4-7-6/h8-10H,3-7H2,1-2H3;2*4-6H,1-3H3;4-7H,1-3H3;1,5-7H,2-3H3;3-6H,1-2H3;3-5H,1-2H3;3-7H,1-2H3;4-5H,1-3H3;2*3-5H,1-2H3. The van der Waals surface area contributed by atoms with E-state index in [1.807, 2.05) is 106 Å². The molecule has 0 unspecified atom stereocenters. The molecule has 13 heterocycles. The number of thiazole rings is 1. The first-order chi connectivity index (χ1) is 53.4. The van der Waals surface area contributed by atoms with Gasteiger partial charge in [0.1, 0.15) is 22.3 Å². The second-order valence-corrected chi connectivity index (χ2v) is 34.1. The smallest absolute Gasteiger partial charge is 0.218 e. The fraction of sp³-hybridized carbons (Fsp3) is 0.467. The Bertz CT molecular complexity index is 4210. The highest BCUT2D eigenvalue weighted by Gasteiger charge is 2.30. The van der Waals surface area contributed by atoms with Crippen molar-refractivity contribution in [3.63, 3.8) is 0 Å². The van der Waals surface area contributed by atoms with Crippen LogP contribution in [0.4, 0.5) is 13.2 Å². The summed E-state index contributed by atoms with van der Waals surface area (Å²) in [6.07, 6.45) is 18.3. The van der Waals surface area contributed by atoms with E-state index in [4.69, 9.17) is 43.2 Å². The van der Waals surface area contributed by atoms with Gasteiger partial charge in [0, 0.05) is 92.5 Å². The number of hydrogen-bond acceptors (Lipinski definition) is 16. The van der Waals surface area contributed by atoms with Gasteiger partial charge in [0.25, 0.3) is 0 Å². The Morgan fingerprint density at radius 2 is 1.06 bits per heavy atom. The Kier molecular flexibility index (Phi) is 46.3. The summed E-state index contributed by atoms with van der Waals surface area (Å²) in [6.45, 7) is 58.7. The SMILES string of the molecule is C#Cc1csc(C(C)C)c1.CC(C)c1ccc(F)nc1F.CC(C)c1cccnc1.CC(C)c1cccnc1Cl.CC(C)c1cocn1.CC(C)c1csc2c1CCN(C1COC1)C2.CC(C)c1cscn1.Cc1nc(Cl)ccc1C(C)C.Cc1nc(F)ccc1C(C)C.Cc1ncccc1C(C)C.Cc1ncoc1C(C)C. The molecule has 0 bridgehead atoms.